The first-order valence-electron chi connectivity index (χ1n) is 18.1. The van der Waals surface area contributed by atoms with Gasteiger partial charge in [0.1, 0.15) is 17.2 Å². The minimum absolute atomic E-state index is 0.135. The Morgan fingerprint density at radius 1 is 0.351 bits per heavy atom. The van der Waals surface area contributed by atoms with Gasteiger partial charge in [-0.15, -0.1) is 0 Å². The monoisotopic (exact) mass is 756 g/mol. The summed E-state index contributed by atoms with van der Waals surface area (Å²) in [5.74, 6) is -14.2. The summed E-state index contributed by atoms with van der Waals surface area (Å²) in [4.78, 5) is 44.2. The van der Waals surface area contributed by atoms with E-state index < -0.39 is 85.5 Å². The van der Waals surface area contributed by atoms with Crippen molar-refractivity contribution in [3.8, 4) is 17.2 Å². The van der Waals surface area contributed by atoms with E-state index in [-0.39, 0.29) is 33.4 Å². The molecule has 0 aromatic heterocycles. The molecule has 7 aromatic carbocycles. The van der Waals surface area contributed by atoms with Gasteiger partial charge in [-0.25, -0.2) is 0 Å². The van der Waals surface area contributed by atoms with Crippen molar-refractivity contribution in [1.29, 1.82) is 0 Å². The second kappa shape index (κ2) is 9.03. The maximum absolute atomic E-state index is 14.7. The summed E-state index contributed by atoms with van der Waals surface area (Å²) in [6.07, 6.45) is 0. The lowest BCUT2D eigenvalue weighted by Gasteiger charge is -2.30. The molecule has 57 heavy (non-hydrogen) atoms. The molecule has 6 aliphatic rings. The van der Waals surface area contributed by atoms with Crippen molar-refractivity contribution < 1.29 is 59.2 Å². The zero-order valence-electron chi connectivity index (χ0n) is 29.0. The van der Waals surface area contributed by atoms with Crippen molar-refractivity contribution in [3.63, 3.8) is 0 Å². The number of aliphatic hydroxyl groups is 6. The Morgan fingerprint density at radius 2 is 0.579 bits per heavy atom. The SMILES string of the molecule is O=C1c2cc3ccccc3cc2[C@]2(O)Oc3c(c4c(c5c3[C@]3(O)C(=O)c6cc7ccccc7cc6[C@]3(O)O5)[C@]3(O)C(=O)c5cc6ccccc6cc5[C@]3(O)O4)[C@]12O. The van der Waals surface area contributed by atoms with Gasteiger partial charge >= 0.3 is 0 Å². The van der Waals surface area contributed by atoms with Crippen LogP contribution >= 0.6 is 0 Å². The second-order valence-corrected chi connectivity index (χ2v) is 15.7. The van der Waals surface area contributed by atoms with Gasteiger partial charge in [0, 0.05) is 33.4 Å². The van der Waals surface area contributed by atoms with E-state index in [4.69, 9.17) is 14.2 Å². The molecular formula is C45H24O12. The molecule has 0 spiro atoms. The maximum Gasteiger partial charge on any atom is 0.277 e. The Kier molecular flexibility index (Phi) is 5.02. The summed E-state index contributed by atoms with van der Waals surface area (Å²) >= 11 is 0. The van der Waals surface area contributed by atoms with Crippen molar-refractivity contribution in [1.82, 2.24) is 0 Å². The van der Waals surface area contributed by atoms with Gasteiger partial charge in [0.25, 0.3) is 17.4 Å². The van der Waals surface area contributed by atoms with Crippen LogP contribution in [0.2, 0.25) is 0 Å². The Balaban J connectivity index is 1.15. The third-order valence-corrected chi connectivity index (χ3v) is 13.1. The molecule has 276 valence electrons. The standard InChI is InChI=1S/C45H24O12/c46-37-25-13-19-7-1-4-10-22(19)16-28(25)43(52)40(37,49)31-34(55-43)32-36(57-45(54)30-18-24-12-6-3-9-21(24)15-27(30)38(47)41(32,45)50)33-35(31)56-44(53)29-17-23-11-5-2-8-20(23)14-26(29)39(48)42(33,44)51/h1-18,49-54H/t40-,41-,42-,43-,44-,45-/m0/s1. The van der Waals surface area contributed by atoms with E-state index in [1.54, 1.807) is 72.8 Å². The average molecular weight is 757 g/mol. The summed E-state index contributed by atoms with van der Waals surface area (Å²) in [7, 11) is 0. The van der Waals surface area contributed by atoms with E-state index in [9.17, 15) is 45.0 Å². The highest BCUT2D eigenvalue weighted by molar-refractivity contribution is 6.17. The topological polar surface area (TPSA) is 200 Å². The number of hydrogen-bond donors (Lipinski definition) is 6. The number of benzene rings is 7. The van der Waals surface area contributed by atoms with Gasteiger partial charge in [0.2, 0.25) is 34.2 Å². The number of hydrogen-bond acceptors (Lipinski definition) is 12. The Labute approximate surface area is 318 Å². The van der Waals surface area contributed by atoms with Crippen LogP contribution in [0.1, 0.15) is 64.5 Å². The molecule has 7 aromatic rings. The summed E-state index contributed by atoms with van der Waals surface area (Å²) in [5, 5.41) is 80.1. The molecule has 0 radical (unpaired) electrons. The molecule has 0 fully saturated rings. The second-order valence-electron chi connectivity index (χ2n) is 15.7. The van der Waals surface area contributed by atoms with Crippen LogP contribution in [-0.4, -0.2) is 48.0 Å². The van der Waals surface area contributed by atoms with Crippen molar-refractivity contribution in [3.05, 3.63) is 159 Å². The van der Waals surface area contributed by atoms with Crippen LogP contribution in [0.3, 0.4) is 0 Å². The number of ketones is 3. The van der Waals surface area contributed by atoms with Gasteiger partial charge in [0.15, 0.2) is 0 Å². The lowest BCUT2D eigenvalue weighted by atomic mass is 9.77. The van der Waals surface area contributed by atoms with Crippen LogP contribution in [0, 0.1) is 0 Å². The van der Waals surface area contributed by atoms with Crippen LogP contribution < -0.4 is 14.2 Å². The van der Waals surface area contributed by atoms with Gasteiger partial charge in [0.05, 0.1) is 16.7 Å². The van der Waals surface area contributed by atoms with Crippen LogP contribution in [-0.2, 0) is 34.2 Å². The molecule has 6 atom stereocenters. The normalized spacial score (nSPS) is 31.6. The van der Waals surface area contributed by atoms with Crippen molar-refractivity contribution in [2.75, 3.05) is 0 Å². The zero-order valence-corrected chi connectivity index (χ0v) is 29.0. The van der Waals surface area contributed by atoms with E-state index in [1.807, 2.05) is 0 Å². The number of carbonyl (C=O) groups is 3. The molecule has 0 saturated heterocycles. The van der Waals surface area contributed by atoms with Crippen LogP contribution in [0.5, 0.6) is 17.2 Å². The molecule has 6 N–H and O–H groups in total. The minimum Gasteiger partial charge on any atom is -0.453 e. The van der Waals surface area contributed by atoms with Gasteiger partial charge in [-0.2, -0.15) is 0 Å². The number of Topliss-reactive ketones (excluding diaryl/α,β-unsaturated/α-hetero) is 3. The molecule has 13 rings (SSSR count). The first-order valence-corrected chi connectivity index (χ1v) is 18.1. The molecule has 3 heterocycles. The minimum atomic E-state index is -3.14. The highest BCUT2D eigenvalue weighted by Crippen LogP contribution is 2.74. The summed E-state index contributed by atoms with van der Waals surface area (Å²) in [6.45, 7) is 0. The van der Waals surface area contributed by atoms with Crippen molar-refractivity contribution in [2.24, 2.45) is 0 Å². The molecular weight excluding hydrogens is 732 g/mol. The van der Waals surface area contributed by atoms with Crippen LogP contribution in [0.15, 0.2) is 109 Å². The number of fused-ring (bicyclic) bond motifs is 21. The van der Waals surface area contributed by atoms with E-state index in [2.05, 4.69) is 0 Å². The third-order valence-electron chi connectivity index (χ3n) is 13.1. The molecule has 3 aliphatic heterocycles. The van der Waals surface area contributed by atoms with Crippen molar-refractivity contribution in [2.45, 2.75) is 34.2 Å². The van der Waals surface area contributed by atoms with E-state index in [0.717, 1.165) is 0 Å². The average Bonchev–Trinajstić information content (AvgIpc) is 3.85. The molecule has 0 amide bonds. The smallest absolute Gasteiger partial charge is 0.277 e. The van der Waals surface area contributed by atoms with Gasteiger partial charge in [-0.05, 0) is 68.7 Å². The Bertz CT molecular complexity index is 2880. The van der Waals surface area contributed by atoms with E-state index in [1.165, 1.54) is 36.4 Å². The zero-order chi connectivity index (χ0) is 39.0. The van der Waals surface area contributed by atoms with E-state index in [0.29, 0.717) is 32.3 Å². The van der Waals surface area contributed by atoms with Gasteiger partial charge in [-0.3, -0.25) is 14.4 Å². The fourth-order valence-corrected chi connectivity index (χ4v) is 10.4. The predicted molar refractivity (Wildman–Crippen MR) is 197 cm³/mol. The van der Waals surface area contributed by atoms with E-state index >= 15 is 0 Å². The van der Waals surface area contributed by atoms with Crippen molar-refractivity contribution >= 4 is 49.7 Å². The van der Waals surface area contributed by atoms with Crippen LogP contribution in [0.4, 0.5) is 0 Å². The molecule has 0 unspecified atom stereocenters. The third kappa shape index (κ3) is 2.95. The number of rotatable bonds is 0. The molecule has 0 saturated carbocycles. The first kappa shape index (κ1) is 31.7. The summed E-state index contributed by atoms with van der Waals surface area (Å²) in [5.41, 5.74) is -12.5. The van der Waals surface area contributed by atoms with Gasteiger partial charge < -0.3 is 44.8 Å². The van der Waals surface area contributed by atoms with Crippen LogP contribution in [0.25, 0.3) is 32.3 Å². The highest BCUT2D eigenvalue weighted by atomic mass is 16.7. The summed E-state index contributed by atoms with van der Waals surface area (Å²) < 4.78 is 18.8. The maximum atomic E-state index is 14.7. The Morgan fingerprint density at radius 3 is 0.825 bits per heavy atom. The molecule has 3 aliphatic carbocycles. The largest absolute Gasteiger partial charge is 0.453 e. The lowest BCUT2D eigenvalue weighted by molar-refractivity contribution is -0.231. The predicted octanol–water partition coefficient (Wildman–Crippen LogP) is 4.01. The highest BCUT2D eigenvalue weighted by Gasteiger charge is 2.82. The summed E-state index contributed by atoms with van der Waals surface area (Å²) in [6, 6.07) is 29.6. The number of carbonyl (C=O) groups excluding carboxylic acids is 3. The molecule has 0 bridgehead atoms. The Hall–Kier alpha value is -6.51. The van der Waals surface area contributed by atoms with Gasteiger partial charge in [-0.1, -0.05) is 72.8 Å². The molecule has 12 heteroatoms. The fraction of sp³-hybridized carbons (Fsp3) is 0.133. The quantitative estimate of drug-likeness (QED) is 0.130. The first-order chi connectivity index (χ1) is 27.2. The molecule has 12 nitrogen and oxygen atoms in total. The number of ether oxygens (including phenoxy) is 3. The fourth-order valence-electron chi connectivity index (χ4n) is 10.4. The lowest BCUT2D eigenvalue weighted by Crippen LogP contribution is -2.49.